The Bertz CT molecular complexity index is 355. The zero-order valence-corrected chi connectivity index (χ0v) is 10.8. The molecule has 1 unspecified atom stereocenters. The summed E-state index contributed by atoms with van der Waals surface area (Å²) in [6, 6.07) is 0.672. The molecule has 0 bridgehead atoms. The van der Waals surface area contributed by atoms with Crippen LogP contribution in [0.1, 0.15) is 51.3 Å². The van der Waals surface area contributed by atoms with E-state index in [2.05, 4.69) is 21.8 Å². The Morgan fingerprint density at radius 1 is 1.59 bits per heavy atom. The second-order valence-electron chi connectivity index (χ2n) is 5.37. The van der Waals surface area contributed by atoms with Gasteiger partial charge in [0, 0.05) is 25.3 Å². The van der Waals surface area contributed by atoms with Gasteiger partial charge in [-0.2, -0.15) is 0 Å². The first-order valence-corrected chi connectivity index (χ1v) is 6.56. The standard InChI is InChI=1S/C13H23N3O/c1-3-6-13(2,17)9-14-7-12-8-15-10-16(12)11-4-5-11/h8,10-11,14,17H,3-7,9H2,1-2H3. The van der Waals surface area contributed by atoms with Gasteiger partial charge in [0.15, 0.2) is 0 Å². The van der Waals surface area contributed by atoms with Crippen LogP contribution in [0.4, 0.5) is 0 Å². The molecule has 1 aliphatic carbocycles. The monoisotopic (exact) mass is 237 g/mol. The number of nitrogens with one attached hydrogen (secondary N) is 1. The lowest BCUT2D eigenvalue weighted by Gasteiger charge is -2.23. The van der Waals surface area contributed by atoms with E-state index in [9.17, 15) is 5.11 Å². The van der Waals surface area contributed by atoms with Crippen molar-refractivity contribution in [2.75, 3.05) is 6.54 Å². The van der Waals surface area contributed by atoms with Crippen LogP contribution < -0.4 is 5.32 Å². The summed E-state index contributed by atoms with van der Waals surface area (Å²) in [7, 11) is 0. The maximum Gasteiger partial charge on any atom is 0.0951 e. The number of rotatable bonds is 7. The molecule has 0 amide bonds. The lowest BCUT2D eigenvalue weighted by Crippen LogP contribution is -2.37. The predicted octanol–water partition coefficient (Wildman–Crippen LogP) is 1.86. The van der Waals surface area contributed by atoms with Gasteiger partial charge in [0.2, 0.25) is 0 Å². The fraction of sp³-hybridized carbons (Fsp3) is 0.769. The van der Waals surface area contributed by atoms with Crippen LogP contribution in [-0.4, -0.2) is 26.8 Å². The van der Waals surface area contributed by atoms with Crippen LogP contribution in [0.15, 0.2) is 12.5 Å². The summed E-state index contributed by atoms with van der Waals surface area (Å²) in [6.45, 7) is 5.41. The summed E-state index contributed by atoms with van der Waals surface area (Å²) >= 11 is 0. The van der Waals surface area contributed by atoms with Crippen molar-refractivity contribution in [3.05, 3.63) is 18.2 Å². The van der Waals surface area contributed by atoms with Crippen molar-refractivity contribution in [3.63, 3.8) is 0 Å². The molecule has 4 heteroatoms. The van der Waals surface area contributed by atoms with Gasteiger partial charge in [0.1, 0.15) is 0 Å². The van der Waals surface area contributed by atoms with Gasteiger partial charge < -0.3 is 15.0 Å². The highest BCUT2D eigenvalue weighted by Crippen LogP contribution is 2.35. The normalized spacial score (nSPS) is 19.2. The van der Waals surface area contributed by atoms with Crippen molar-refractivity contribution < 1.29 is 5.11 Å². The molecule has 0 saturated heterocycles. The molecule has 17 heavy (non-hydrogen) atoms. The van der Waals surface area contributed by atoms with Crippen LogP contribution in [0, 0.1) is 0 Å². The smallest absolute Gasteiger partial charge is 0.0951 e. The van der Waals surface area contributed by atoms with Gasteiger partial charge in [-0.3, -0.25) is 0 Å². The maximum absolute atomic E-state index is 10.0. The van der Waals surface area contributed by atoms with Crippen molar-refractivity contribution in [1.29, 1.82) is 0 Å². The van der Waals surface area contributed by atoms with Gasteiger partial charge in [-0.1, -0.05) is 13.3 Å². The molecule has 0 radical (unpaired) electrons. The molecule has 0 aromatic carbocycles. The van der Waals surface area contributed by atoms with Gasteiger partial charge in [0.05, 0.1) is 17.6 Å². The summed E-state index contributed by atoms with van der Waals surface area (Å²) < 4.78 is 2.25. The Morgan fingerprint density at radius 3 is 3.00 bits per heavy atom. The minimum absolute atomic E-state index is 0.598. The Balaban J connectivity index is 1.79. The molecule has 0 aliphatic heterocycles. The van der Waals surface area contributed by atoms with E-state index in [1.165, 1.54) is 18.5 Å². The number of aromatic nitrogens is 2. The third-order valence-electron chi connectivity index (χ3n) is 3.29. The molecule has 1 fully saturated rings. The van der Waals surface area contributed by atoms with Gasteiger partial charge in [-0.15, -0.1) is 0 Å². The fourth-order valence-electron chi connectivity index (χ4n) is 2.24. The Morgan fingerprint density at radius 2 is 2.35 bits per heavy atom. The van der Waals surface area contributed by atoms with Crippen LogP contribution in [0.25, 0.3) is 0 Å². The largest absolute Gasteiger partial charge is 0.389 e. The lowest BCUT2D eigenvalue weighted by atomic mass is 10.0. The molecule has 1 aromatic rings. The topological polar surface area (TPSA) is 50.1 Å². The zero-order valence-electron chi connectivity index (χ0n) is 10.8. The Hall–Kier alpha value is -0.870. The molecule has 96 valence electrons. The summed E-state index contributed by atoms with van der Waals surface area (Å²) in [5, 5.41) is 13.4. The third-order valence-corrected chi connectivity index (χ3v) is 3.29. The van der Waals surface area contributed by atoms with Crippen LogP contribution in [0.3, 0.4) is 0 Å². The summed E-state index contributed by atoms with van der Waals surface area (Å²) in [6.07, 6.45) is 8.23. The van der Waals surface area contributed by atoms with E-state index >= 15 is 0 Å². The maximum atomic E-state index is 10.0. The average molecular weight is 237 g/mol. The lowest BCUT2D eigenvalue weighted by molar-refractivity contribution is 0.0496. The average Bonchev–Trinajstić information content (AvgIpc) is 2.99. The molecule has 4 nitrogen and oxygen atoms in total. The van der Waals surface area contributed by atoms with E-state index < -0.39 is 5.60 Å². The second kappa shape index (κ2) is 5.19. The van der Waals surface area contributed by atoms with Crippen molar-refractivity contribution in [2.45, 2.75) is 57.7 Å². The minimum Gasteiger partial charge on any atom is -0.389 e. The van der Waals surface area contributed by atoms with Gasteiger partial charge in [0.25, 0.3) is 0 Å². The molecule has 1 saturated carbocycles. The number of nitrogens with zero attached hydrogens (tertiary/aromatic N) is 2. The molecule has 1 aromatic heterocycles. The van der Waals surface area contributed by atoms with Crippen LogP contribution >= 0.6 is 0 Å². The first-order valence-electron chi connectivity index (χ1n) is 6.56. The summed E-state index contributed by atoms with van der Waals surface area (Å²) in [5.74, 6) is 0. The summed E-state index contributed by atoms with van der Waals surface area (Å²) in [4.78, 5) is 4.20. The second-order valence-corrected chi connectivity index (χ2v) is 5.37. The molecule has 2 N–H and O–H groups in total. The number of aliphatic hydroxyl groups is 1. The van der Waals surface area contributed by atoms with E-state index in [0.29, 0.717) is 12.6 Å². The van der Waals surface area contributed by atoms with E-state index in [1.807, 2.05) is 19.4 Å². The number of hydrogen-bond acceptors (Lipinski definition) is 3. The molecular weight excluding hydrogens is 214 g/mol. The Kier molecular flexibility index (Phi) is 3.84. The van der Waals surface area contributed by atoms with Gasteiger partial charge in [-0.25, -0.2) is 4.98 Å². The molecular formula is C13H23N3O. The van der Waals surface area contributed by atoms with E-state index in [4.69, 9.17) is 0 Å². The fourth-order valence-corrected chi connectivity index (χ4v) is 2.24. The minimum atomic E-state index is -0.598. The molecule has 1 aliphatic rings. The van der Waals surface area contributed by atoms with Gasteiger partial charge in [-0.05, 0) is 26.2 Å². The van der Waals surface area contributed by atoms with Crippen LogP contribution in [-0.2, 0) is 6.54 Å². The van der Waals surface area contributed by atoms with Crippen molar-refractivity contribution >= 4 is 0 Å². The van der Waals surface area contributed by atoms with Crippen molar-refractivity contribution in [1.82, 2.24) is 14.9 Å². The number of hydrogen-bond donors (Lipinski definition) is 2. The van der Waals surface area contributed by atoms with Crippen LogP contribution in [0.5, 0.6) is 0 Å². The highest BCUT2D eigenvalue weighted by Gasteiger charge is 2.25. The van der Waals surface area contributed by atoms with E-state index in [-0.39, 0.29) is 0 Å². The quantitative estimate of drug-likeness (QED) is 0.761. The highest BCUT2D eigenvalue weighted by molar-refractivity contribution is 5.03. The third kappa shape index (κ3) is 3.54. The van der Waals surface area contributed by atoms with E-state index in [1.54, 1.807) is 0 Å². The zero-order chi connectivity index (χ0) is 12.3. The first-order chi connectivity index (χ1) is 8.12. The molecule has 0 spiro atoms. The van der Waals surface area contributed by atoms with Crippen LogP contribution in [0.2, 0.25) is 0 Å². The SMILES string of the molecule is CCCC(C)(O)CNCc1cncn1C1CC1. The van der Waals surface area contributed by atoms with Gasteiger partial charge >= 0.3 is 0 Å². The molecule has 1 atom stereocenters. The Labute approximate surface area is 103 Å². The predicted molar refractivity (Wildman–Crippen MR) is 67.7 cm³/mol. The van der Waals surface area contributed by atoms with Crippen molar-refractivity contribution in [2.24, 2.45) is 0 Å². The first kappa shape index (κ1) is 12.6. The molecule has 1 heterocycles. The van der Waals surface area contributed by atoms with Crippen molar-refractivity contribution in [3.8, 4) is 0 Å². The highest BCUT2D eigenvalue weighted by atomic mass is 16.3. The summed E-state index contributed by atoms with van der Waals surface area (Å²) in [5.41, 5.74) is 0.624. The number of imidazole rings is 1. The van der Waals surface area contributed by atoms with E-state index in [0.717, 1.165) is 19.4 Å². The molecule has 2 rings (SSSR count).